The molecule has 0 heterocycles. The number of hydrogen-bond donors (Lipinski definition) is 2. The predicted molar refractivity (Wildman–Crippen MR) is 83.0 cm³/mol. The highest BCUT2D eigenvalue weighted by atomic mass is 79.9. The van der Waals surface area contributed by atoms with Gasteiger partial charge in [-0.15, -0.1) is 0 Å². The molecule has 2 aromatic carbocycles. The summed E-state index contributed by atoms with van der Waals surface area (Å²) in [4.78, 5) is 11.9. The Kier molecular flexibility index (Phi) is 4.45. The Labute approximate surface area is 125 Å². The lowest BCUT2D eigenvalue weighted by Crippen LogP contribution is -2.19. The normalized spacial score (nSPS) is 10.1. The Hall–Kier alpha value is -1.52. The molecule has 0 spiro atoms. The van der Waals surface area contributed by atoms with Gasteiger partial charge in [0.1, 0.15) is 0 Å². The van der Waals surface area contributed by atoms with Crippen molar-refractivity contribution in [2.24, 2.45) is 0 Å². The molecule has 3 nitrogen and oxygen atoms in total. The van der Waals surface area contributed by atoms with Crippen LogP contribution in [0.4, 0.5) is 16.2 Å². The highest BCUT2D eigenvalue weighted by molar-refractivity contribution is 9.10. The van der Waals surface area contributed by atoms with Crippen LogP contribution in [0.15, 0.2) is 46.9 Å². The molecule has 0 aliphatic heterocycles. The zero-order chi connectivity index (χ0) is 13.8. The van der Waals surface area contributed by atoms with E-state index in [-0.39, 0.29) is 6.03 Å². The van der Waals surface area contributed by atoms with Crippen LogP contribution in [-0.4, -0.2) is 6.03 Å². The number of para-hydroxylation sites is 1. The molecule has 2 amide bonds. The van der Waals surface area contributed by atoms with E-state index in [1.54, 1.807) is 12.1 Å². The Balaban J connectivity index is 2.07. The summed E-state index contributed by atoms with van der Waals surface area (Å²) in [7, 11) is 0. The van der Waals surface area contributed by atoms with Gasteiger partial charge in [0.2, 0.25) is 0 Å². The number of halogens is 2. The maximum Gasteiger partial charge on any atom is 0.323 e. The molecule has 0 unspecified atom stereocenters. The molecule has 0 bridgehead atoms. The van der Waals surface area contributed by atoms with Crippen LogP contribution >= 0.6 is 27.5 Å². The molecular formula is C14H12BrClN2O. The van der Waals surface area contributed by atoms with Crippen molar-refractivity contribution >= 4 is 44.9 Å². The molecule has 0 radical (unpaired) electrons. The van der Waals surface area contributed by atoms with E-state index in [0.717, 1.165) is 15.7 Å². The lowest BCUT2D eigenvalue weighted by atomic mass is 10.2. The van der Waals surface area contributed by atoms with Crippen molar-refractivity contribution in [2.75, 3.05) is 10.6 Å². The van der Waals surface area contributed by atoms with Crippen LogP contribution in [-0.2, 0) is 0 Å². The molecule has 2 rings (SSSR count). The predicted octanol–water partition coefficient (Wildman–Crippen LogP) is 5.05. The second-order valence-corrected chi connectivity index (χ2v) is 5.40. The van der Waals surface area contributed by atoms with E-state index in [1.165, 1.54) is 0 Å². The van der Waals surface area contributed by atoms with Gasteiger partial charge in [-0.05, 0) is 42.8 Å². The average molecular weight is 340 g/mol. The van der Waals surface area contributed by atoms with Crippen molar-refractivity contribution < 1.29 is 4.79 Å². The molecule has 5 heteroatoms. The molecule has 0 saturated carbocycles. The number of aryl methyl sites for hydroxylation is 1. The van der Waals surface area contributed by atoms with Gasteiger partial charge in [-0.3, -0.25) is 0 Å². The summed E-state index contributed by atoms with van der Waals surface area (Å²) in [6.07, 6.45) is 0. The van der Waals surface area contributed by atoms with Gasteiger partial charge in [-0.1, -0.05) is 39.7 Å². The van der Waals surface area contributed by atoms with E-state index < -0.39 is 0 Å². The first kappa shape index (κ1) is 13.9. The first-order valence-corrected chi connectivity index (χ1v) is 6.81. The highest BCUT2D eigenvalue weighted by Gasteiger charge is 2.06. The maximum atomic E-state index is 11.9. The van der Waals surface area contributed by atoms with Crippen LogP contribution in [0.25, 0.3) is 0 Å². The fraction of sp³-hybridized carbons (Fsp3) is 0.0714. The summed E-state index contributed by atoms with van der Waals surface area (Å²) in [5.41, 5.74) is 2.35. The SMILES string of the molecule is Cc1cc(Br)cc(NC(=O)Nc2ccccc2Cl)c1. The van der Waals surface area contributed by atoms with Gasteiger partial charge < -0.3 is 10.6 Å². The van der Waals surface area contributed by atoms with Crippen LogP contribution in [0.2, 0.25) is 5.02 Å². The topological polar surface area (TPSA) is 41.1 Å². The van der Waals surface area contributed by atoms with E-state index >= 15 is 0 Å². The molecule has 2 N–H and O–H groups in total. The van der Waals surface area contributed by atoms with Crippen molar-refractivity contribution in [3.63, 3.8) is 0 Å². The third kappa shape index (κ3) is 3.98. The van der Waals surface area contributed by atoms with Gasteiger partial charge in [-0.2, -0.15) is 0 Å². The van der Waals surface area contributed by atoms with Gasteiger partial charge in [0.15, 0.2) is 0 Å². The molecule has 0 saturated heterocycles. The molecule has 2 aromatic rings. The van der Waals surface area contributed by atoms with E-state index in [0.29, 0.717) is 10.7 Å². The number of urea groups is 1. The van der Waals surface area contributed by atoms with E-state index in [4.69, 9.17) is 11.6 Å². The molecule has 0 aliphatic rings. The minimum Gasteiger partial charge on any atom is -0.308 e. The monoisotopic (exact) mass is 338 g/mol. The van der Waals surface area contributed by atoms with Crippen molar-refractivity contribution in [3.8, 4) is 0 Å². The Morgan fingerprint density at radius 2 is 1.89 bits per heavy atom. The molecular weight excluding hydrogens is 328 g/mol. The zero-order valence-corrected chi connectivity index (χ0v) is 12.5. The van der Waals surface area contributed by atoms with E-state index in [1.807, 2.05) is 37.3 Å². The van der Waals surface area contributed by atoms with Gasteiger partial charge in [0, 0.05) is 10.2 Å². The molecule has 0 fully saturated rings. The molecule has 0 aliphatic carbocycles. The van der Waals surface area contributed by atoms with Gasteiger partial charge in [-0.25, -0.2) is 4.79 Å². The summed E-state index contributed by atoms with van der Waals surface area (Å²) in [5, 5.41) is 5.96. The standard InChI is InChI=1S/C14H12BrClN2O/c1-9-6-10(15)8-11(7-9)17-14(19)18-13-5-3-2-4-12(13)16/h2-8H,1H3,(H2,17,18,19). The largest absolute Gasteiger partial charge is 0.323 e. The van der Waals surface area contributed by atoms with Gasteiger partial charge in [0.05, 0.1) is 10.7 Å². The van der Waals surface area contributed by atoms with Crippen molar-refractivity contribution in [2.45, 2.75) is 6.92 Å². The Morgan fingerprint density at radius 3 is 2.58 bits per heavy atom. The third-order valence-corrected chi connectivity index (χ3v) is 3.21. The second kappa shape index (κ2) is 6.08. The van der Waals surface area contributed by atoms with Crippen molar-refractivity contribution in [1.82, 2.24) is 0 Å². The minimum atomic E-state index is -0.328. The highest BCUT2D eigenvalue weighted by Crippen LogP contribution is 2.22. The minimum absolute atomic E-state index is 0.328. The number of carbonyl (C=O) groups is 1. The van der Waals surface area contributed by atoms with Crippen LogP contribution in [0.1, 0.15) is 5.56 Å². The lowest BCUT2D eigenvalue weighted by molar-refractivity contribution is 0.262. The first-order valence-electron chi connectivity index (χ1n) is 5.64. The first-order chi connectivity index (χ1) is 9.04. The Bertz CT molecular complexity index is 596. The summed E-state index contributed by atoms with van der Waals surface area (Å²) in [6.45, 7) is 1.96. The summed E-state index contributed by atoms with van der Waals surface area (Å²) in [6, 6.07) is 12.4. The van der Waals surface area contributed by atoms with Crippen LogP contribution in [0.5, 0.6) is 0 Å². The van der Waals surface area contributed by atoms with Crippen LogP contribution < -0.4 is 10.6 Å². The van der Waals surface area contributed by atoms with Crippen LogP contribution in [0.3, 0.4) is 0 Å². The van der Waals surface area contributed by atoms with E-state index in [2.05, 4.69) is 26.6 Å². The van der Waals surface area contributed by atoms with Crippen LogP contribution in [0, 0.1) is 6.92 Å². The third-order valence-electron chi connectivity index (χ3n) is 2.42. The summed E-state index contributed by atoms with van der Waals surface area (Å²) >= 11 is 9.36. The molecule has 98 valence electrons. The number of amides is 2. The van der Waals surface area contributed by atoms with Gasteiger partial charge >= 0.3 is 6.03 Å². The van der Waals surface area contributed by atoms with Gasteiger partial charge in [0.25, 0.3) is 0 Å². The second-order valence-electron chi connectivity index (χ2n) is 4.08. The summed E-state index contributed by atoms with van der Waals surface area (Å²) in [5.74, 6) is 0. The van der Waals surface area contributed by atoms with Crippen molar-refractivity contribution in [1.29, 1.82) is 0 Å². The molecule has 0 atom stereocenters. The number of anilines is 2. The fourth-order valence-electron chi connectivity index (χ4n) is 1.66. The Morgan fingerprint density at radius 1 is 1.16 bits per heavy atom. The fourth-order valence-corrected chi connectivity index (χ4v) is 2.45. The lowest BCUT2D eigenvalue weighted by Gasteiger charge is -2.09. The zero-order valence-electron chi connectivity index (χ0n) is 10.2. The summed E-state index contributed by atoms with van der Waals surface area (Å²) < 4.78 is 0.917. The number of hydrogen-bond acceptors (Lipinski definition) is 1. The van der Waals surface area contributed by atoms with E-state index in [9.17, 15) is 4.79 Å². The molecule has 0 aromatic heterocycles. The molecule has 19 heavy (non-hydrogen) atoms. The number of nitrogens with one attached hydrogen (secondary N) is 2. The number of carbonyl (C=O) groups excluding carboxylic acids is 1. The number of benzene rings is 2. The average Bonchev–Trinajstić information content (AvgIpc) is 2.30. The quantitative estimate of drug-likeness (QED) is 0.789. The van der Waals surface area contributed by atoms with Crippen molar-refractivity contribution in [3.05, 3.63) is 57.5 Å². The number of rotatable bonds is 2. The smallest absolute Gasteiger partial charge is 0.308 e. The maximum absolute atomic E-state index is 11.9.